The van der Waals surface area contributed by atoms with E-state index in [1.165, 1.54) is 7.11 Å². The summed E-state index contributed by atoms with van der Waals surface area (Å²) in [4.78, 5) is 25.6. The molecule has 3 N–H and O–H groups in total. The highest BCUT2D eigenvalue weighted by atomic mass is 16.5. The molecule has 0 bridgehead atoms. The summed E-state index contributed by atoms with van der Waals surface area (Å²) < 4.78 is 12.3. The molecule has 0 radical (unpaired) electrons. The van der Waals surface area contributed by atoms with Crippen molar-refractivity contribution in [1.29, 1.82) is 0 Å². The number of fused-ring (bicyclic) bond motifs is 3. The van der Waals surface area contributed by atoms with E-state index >= 15 is 0 Å². The number of nitrogens with two attached hydrogens (primary N) is 1. The minimum atomic E-state index is -0.439. The van der Waals surface area contributed by atoms with Gasteiger partial charge in [0, 0.05) is 51.7 Å². The van der Waals surface area contributed by atoms with Gasteiger partial charge >= 0.3 is 5.97 Å². The highest BCUT2D eigenvalue weighted by Crippen LogP contribution is 2.37. The SMILES string of the molecule is CN=C/C(=C\N)c1cccc(Cc2c3c(nn2C)CCc2cnc(Nc4ccc(C(=O)OC)cc4OC)nc2-3)c1.[HH]. The molecule has 2 heterocycles. The Balaban J connectivity index is 0.00000387. The van der Waals surface area contributed by atoms with Gasteiger partial charge in [0.25, 0.3) is 0 Å². The Labute approximate surface area is 234 Å². The Hall–Kier alpha value is -4.99. The van der Waals surface area contributed by atoms with Crippen molar-refractivity contribution in [3.05, 3.63) is 88.5 Å². The fraction of sp³-hybridized carbons (Fsp3) is 0.233. The molecule has 0 amide bonds. The first-order valence-electron chi connectivity index (χ1n) is 12.8. The topological polar surface area (TPSA) is 130 Å². The highest BCUT2D eigenvalue weighted by molar-refractivity contribution is 6.09. The fourth-order valence-corrected chi connectivity index (χ4v) is 4.96. The van der Waals surface area contributed by atoms with Crippen LogP contribution >= 0.6 is 0 Å². The fourth-order valence-electron chi connectivity index (χ4n) is 4.96. The molecular formula is C30H33N7O3. The van der Waals surface area contributed by atoms with Crippen LogP contribution in [0.1, 0.15) is 39.9 Å². The minimum Gasteiger partial charge on any atom is -0.495 e. The summed E-state index contributed by atoms with van der Waals surface area (Å²) in [6.07, 6.45) is 7.49. The lowest BCUT2D eigenvalue weighted by molar-refractivity contribution is 0.0600. The molecule has 2 aromatic heterocycles. The van der Waals surface area contributed by atoms with E-state index in [-0.39, 0.29) is 1.43 Å². The van der Waals surface area contributed by atoms with Crippen molar-refractivity contribution in [3.8, 4) is 17.0 Å². The first-order chi connectivity index (χ1) is 19.4. The van der Waals surface area contributed by atoms with Gasteiger partial charge < -0.3 is 20.5 Å². The molecule has 0 unspecified atom stereocenters. The number of esters is 1. The van der Waals surface area contributed by atoms with Crippen molar-refractivity contribution >= 4 is 29.4 Å². The maximum atomic E-state index is 11.9. The van der Waals surface area contributed by atoms with Crippen molar-refractivity contribution < 1.29 is 15.7 Å². The number of aromatic nitrogens is 4. The first kappa shape index (κ1) is 26.6. The van der Waals surface area contributed by atoms with Crippen LogP contribution in [0.3, 0.4) is 0 Å². The minimum absolute atomic E-state index is 0. The van der Waals surface area contributed by atoms with Crippen molar-refractivity contribution in [2.45, 2.75) is 19.3 Å². The largest absolute Gasteiger partial charge is 0.495 e. The molecule has 206 valence electrons. The van der Waals surface area contributed by atoms with Crippen molar-refractivity contribution in [2.75, 3.05) is 26.6 Å². The average Bonchev–Trinajstić information content (AvgIpc) is 3.30. The number of carbonyl (C=O) groups is 1. The van der Waals surface area contributed by atoms with Crippen molar-refractivity contribution in [2.24, 2.45) is 17.8 Å². The number of methoxy groups -OCH3 is 2. The second kappa shape index (κ2) is 11.4. The van der Waals surface area contributed by atoms with Gasteiger partial charge in [0.05, 0.1) is 42.6 Å². The molecular weight excluding hydrogens is 506 g/mol. The highest BCUT2D eigenvalue weighted by Gasteiger charge is 2.26. The zero-order valence-corrected chi connectivity index (χ0v) is 22.9. The molecule has 0 fully saturated rings. The smallest absolute Gasteiger partial charge is 0.337 e. The van der Waals surface area contributed by atoms with Gasteiger partial charge in [0.15, 0.2) is 0 Å². The van der Waals surface area contributed by atoms with Crippen LogP contribution in [-0.2, 0) is 31.0 Å². The number of allylic oxidation sites excluding steroid dienone is 1. The van der Waals surface area contributed by atoms with E-state index in [1.54, 1.807) is 44.8 Å². The molecule has 0 spiro atoms. The van der Waals surface area contributed by atoms with Gasteiger partial charge in [-0.05, 0) is 47.7 Å². The molecule has 4 aromatic rings. The summed E-state index contributed by atoms with van der Waals surface area (Å²) in [6, 6.07) is 13.3. The maximum Gasteiger partial charge on any atom is 0.337 e. The van der Waals surface area contributed by atoms with E-state index < -0.39 is 5.97 Å². The number of anilines is 2. The predicted molar refractivity (Wildman–Crippen MR) is 157 cm³/mol. The maximum absolute atomic E-state index is 11.9. The number of aliphatic imine (C=N–C) groups is 1. The van der Waals surface area contributed by atoms with Gasteiger partial charge in [0.2, 0.25) is 5.95 Å². The summed E-state index contributed by atoms with van der Waals surface area (Å²) >= 11 is 0. The Morgan fingerprint density at radius 1 is 1.20 bits per heavy atom. The molecule has 40 heavy (non-hydrogen) atoms. The van der Waals surface area contributed by atoms with Crippen LogP contribution in [0.25, 0.3) is 16.8 Å². The van der Waals surface area contributed by atoms with Crippen molar-refractivity contribution in [1.82, 2.24) is 19.7 Å². The zero-order chi connectivity index (χ0) is 28.2. The number of benzene rings is 2. The number of hydrogen-bond acceptors (Lipinski definition) is 9. The van der Waals surface area contributed by atoms with E-state index in [1.807, 2.05) is 30.1 Å². The Morgan fingerprint density at radius 2 is 2.05 bits per heavy atom. The molecule has 5 rings (SSSR count). The molecule has 10 heteroatoms. The van der Waals surface area contributed by atoms with Crippen LogP contribution in [0, 0.1) is 0 Å². The van der Waals surface area contributed by atoms with Gasteiger partial charge in [-0.2, -0.15) is 5.10 Å². The van der Waals surface area contributed by atoms with Crippen LogP contribution in [-0.4, -0.2) is 53.2 Å². The third-order valence-electron chi connectivity index (χ3n) is 6.92. The lowest BCUT2D eigenvalue weighted by Gasteiger charge is -2.18. The quantitative estimate of drug-likeness (QED) is 0.250. The second-order valence-corrected chi connectivity index (χ2v) is 9.38. The normalized spacial score (nSPS) is 12.7. The lowest BCUT2D eigenvalue weighted by Crippen LogP contribution is -2.10. The number of carbonyl (C=O) groups excluding carboxylic acids is 1. The van der Waals surface area contributed by atoms with E-state index in [4.69, 9.17) is 25.3 Å². The second-order valence-electron chi connectivity index (χ2n) is 9.38. The molecule has 1 aliphatic carbocycles. The van der Waals surface area contributed by atoms with Crippen LogP contribution in [0.2, 0.25) is 0 Å². The summed E-state index contributed by atoms with van der Waals surface area (Å²) in [6.45, 7) is 0. The number of nitrogens with one attached hydrogen (secondary N) is 1. The molecule has 0 saturated carbocycles. The molecule has 10 nitrogen and oxygen atoms in total. The third-order valence-corrected chi connectivity index (χ3v) is 6.92. The van der Waals surface area contributed by atoms with Crippen LogP contribution in [0.15, 0.2) is 59.9 Å². The zero-order valence-electron chi connectivity index (χ0n) is 22.9. The van der Waals surface area contributed by atoms with Gasteiger partial charge in [-0.25, -0.2) is 14.8 Å². The van der Waals surface area contributed by atoms with Crippen LogP contribution in [0.4, 0.5) is 11.6 Å². The van der Waals surface area contributed by atoms with Gasteiger partial charge in [-0.15, -0.1) is 0 Å². The van der Waals surface area contributed by atoms with Gasteiger partial charge in [-0.1, -0.05) is 24.3 Å². The molecule has 1 aliphatic rings. The first-order valence-corrected chi connectivity index (χ1v) is 12.8. The van der Waals surface area contributed by atoms with Gasteiger partial charge in [-0.3, -0.25) is 9.67 Å². The number of aryl methyl sites for hydroxylation is 3. The number of nitrogens with zero attached hydrogens (tertiary/aromatic N) is 5. The lowest BCUT2D eigenvalue weighted by atomic mass is 9.91. The Bertz CT molecular complexity index is 1650. The van der Waals surface area contributed by atoms with Crippen molar-refractivity contribution in [3.63, 3.8) is 0 Å². The summed E-state index contributed by atoms with van der Waals surface area (Å²) in [5.41, 5.74) is 14.9. The Kier molecular flexibility index (Phi) is 7.59. The van der Waals surface area contributed by atoms with Gasteiger partial charge in [0.1, 0.15) is 5.75 Å². The number of rotatable bonds is 8. The van der Waals surface area contributed by atoms with Crippen LogP contribution in [0.5, 0.6) is 5.75 Å². The molecule has 0 saturated heterocycles. The van der Waals surface area contributed by atoms with E-state index in [2.05, 4.69) is 27.4 Å². The number of ether oxygens (including phenoxy) is 2. The Morgan fingerprint density at radius 3 is 2.80 bits per heavy atom. The van der Waals surface area contributed by atoms with E-state index in [0.29, 0.717) is 29.4 Å². The molecule has 0 atom stereocenters. The molecule has 2 aromatic carbocycles. The summed E-state index contributed by atoms with van der Waals surface area (Å²) in [5.74, 6) is 0.459. The average molecular weight is 540 g/mol. The monoisotopic (exact) mass is 539 g/mol. The predicted octanol–water partition coefficient (Wildman–Crippen LogP) is 4.35. The third kappa shape index (κ3) is 5.15. The number of hydrogen-bond donors (Lipinski definition) is 2. The summed E-state index contributed by atoms with van der Waals surface area (Å²) in [5, 5.41) is 8.09. The summed E-state index contributed by atoms with van der Waals surface area (Å²) in [7, 11) is 6.58. The molecule has 0 aliphatic heterocycles. The van der Waals surface area contributed by atoms with Crippen LogP contribution < -0.4 is 15.8 Å². The standard InChI is InChI=1S/C30H31N7O3.H2/c1-32-16-22(15-31)19-7-5-6-18(12-19)13-25-27-24(36-37(25)2)11-9-21-17-33-30(35-28(21)27)34-23-10-8-20(29(38)40-4)14-26(23)39-3;/h5-8,10,12,14-17H,9,11,13,31H2,1-4H3,(H,33,34,35);1H/b22-15+,32-16?;. The van der Waals surface area contributed by atoms with E-state index in [9.17, 15) is 4.79 Å². The van der Waals surface area contributed by atoms with E-state index in [0.717, 1.165) is 57.8 Å².